The predicted octanol–water partition coefficient (Wildman–Crippen LogP) is 2.88. The predicted molar refractivity (Wildman–Crippen MR) is 80.0 cm³/mol. The molecule has 2 aromatic carbocycles. The maximum atomic E-state index is 11.4. The topological polar surface area (TPSA) is 72.6 Å². The van der Waals surface area contributed by atoms with E-state index in [2.05, 4.69) is 15.9 Å². The molecule has 2 aromatic rings. The van der Waals surface area contributed by atoms with Crippen LogP contribution in [-0.4, -0.2) is 17.6 Å². The summed E-state index contributed by atoms with van der Waals surface area (Å²) in [7, 11) is 0. The van der Waals surface area contributed by atoms with E-state index in [4.69, 9.17) is 15.6 Å². The van der Waals surface area contributed by atoms with Crippen LogP contribution in [0.15, 0.2) is 46.9 Å². The maximum Gasteiger partial charge on any atom is 0.252 e. The first kappa shape index (κ1) is 14.6. The van der Waals surface area contributed by atoms with Gasteiger partial charge in [0.25, 0.3) is 5.91 Å². The average molecular weight is 336 g/mol. The van der Waals surface area contributed by atoms with Crippen molar-refractivity contribution < 1.29 is 14.6 Å². The summed E-state index contributed by atoms with van der Waals surface area (Å²) in [5.41, 5.74) is 6.67. The number of hydrogen-bond donors (Lipinski definition) is 2. The number of benzene rings is 2. The lowest BCUT2D eigenvalue weighted by molar-refractivity contribution is 0.0998. The van der Waals surface area contributed by atoms with Gasteiger partial charge in [-0.3, -0.25) is 4.79 Å². The summed E-state index contributed by atoms with van der Waals surface area (Å²) in [5.74, 6) is 0.477. The Labute approximate surface area is 125 Å². The fourth-order valence-corrected chi connectivity index (χ4v) is 2.13. The monoisotopic (exact) mass is 335 g/mol. The molecular weight excluding hydrogens is 322 g/mol. The molecule has 0 aromatic heterocycles. The van der Waals surface area contributed by atoms with Crippen molar-refractivity contribution in [3.05, 3.63) is 58.1 Å². The van der Waals surface area contributed by atoms with Gasteiger partial charge in [0, 0.05) is 11.1 Å². The summed E-state index contributed by atoms with van der Waals surface area (Å²) in [6.45, 7) is 0.110. The summed E-state index contributed by atoms with van der Waals surface area (Å²) < 4.78 is 6.44. The lowest BCUT2D eigenvalue weighted by Gasteiger charge is -2.10. The van der Waals surface area contributed by atoms with Crippen LogP contribution in [0.1, 0.15) is 15.9 Å². The summed E-state index contributed by atoms with van der Waals surface area (Å²) in [6.07, 6.45) is 0.602. The molecular formula is C15H14BrNO3. The molecule has 5 heteroatoms. The van der Waals surface area contributed by atoms with Crippen LogP contribution in [0.5, 0.6) is 11.5 Å². The van der Waals surface area contributed by atoms with Crippen molar-refractivity contribution in [2.45, 2.75) is 6.42 Å². The first-order valence-electron chi connectivity index (χ1n) is 6.07. The van der Waals surface area contributed by atoms with Crippen molar-refractivity contribution in [1.29, 1.82) is 0 Å². The van der Waals surface area contributed by atoms with Gasteiger partial charge in [-0.15, -0.1) is 0 Å². The zero-order valence-corrected chi connectivity index (χ0v) is 12.3. The highest BCUT2D eigenvalue weighted by molar-refractivity contribution is 9.10. The molecule has 0 atom stereocenters. The van der Waals surface area contributed by atoms with Gasteiger partial charge < -0.3 is 15.6 Å². The molecule has 3 N–H and O–H groups in total. The highest BCUT2D eigenvalue weighted by atomic mass is 79.9. The zero-order valence-electron chi connectivity index (χ0n) is 10.7. The molecule has 0 spiro atoms. The Morgan fingerprint density at radius 2 is 1.90 bits per heavy atom. The van der Waals surface area contributed by atoms with E-state index in [1.165, 1.54) is 0 Å². The van der Waals surface area contributed by atoms with Crippen molar-refractivity contribution in [3.63, 3.8) is 0 Å². The average Bonchev–Trinajstić information content (AvgIpc) is 2.43. The van der Waals surface area contributed by atoms with Gasteiger partial charge in [0.2, 0.25) is 0 Å². The third-order valence-electron chi connectivity index (χ3n) is 2.76. The zero-order chi connectivity index (χ0) is 14.5. The molecule has 0 saturated carbocycles. The van der Waals surface area contributed by atoms with Crippen LogP contribution in [0.25, 0.3) is 0 Å². The van der Waals surface area contributed by atoms with Crippen LogP contribution in [0, 0.1) is 0 Å². The van der Waals surface area contributed by atoms with Crippen LogP contribution < -0.4 is 10.5 Å². The van der Waals surface area contributed by atoms with E-state index in [0.717, 1.165) is 10.0 Å². The van der Waals surface area contributed by atoms with Crippen LogP contribution >= 0.6 is 15.9 Å². The molecule has 0 radical (unpaired) electrons. The normalized spacial score (nSPS) is 10.3. The van der Waals surface area contributed by atoms with E-state index in [-0.39, 0.29) is 6.61 Å². The van der Waals surface area contributed by atoms with E-state index in [1.807, 2.05) is 12.1 Å². The molecule has 0 aliphatic rings. The van der Waals surface area contributed by atoms with Gasteiger partial charge in [0.05, 0.1) is 5.56 Å². The Bertz CT molecular complexity index is 611. The highest BCUT2D eigenvalue weighted by Gasteiger charge is 2.11. The number of nitrogens with two attached hydrogens (primary N) is 1. The van der Waals surface area contributed by atoms with E-state index in [0.29, 0.717) is 23.5 Å². The number of carbonyl (C=O) groups excluding carboxylic acids is 1. The second-order valence-electron chi connectivity index (χ2n) is 4.22. The molecule has 0 fully saturated rings. The first-order valence-corrected chi connectivity index (χ1v) is 6.86. The lowest BCUT2D eigenvalue weighted by atomic mass is 10.1. The molecule has 104 valence electrons. The van der Waals surface area contributed by atoms with Crippen molar-refractivity contribution in [2.75, 3.05) is 6.61 Å². The van der Waals surface area contributed by atoms with E-state index in [1.54, 1.807) is 30.3 Å². The second-order valence-corrected chi connectivity index (χ2v) is 5.14. The highest BCUT2D eigenvalue weighted by Crippen LogP contribution is 2.28. The van der Waals surface area contributed by atoms with Gasteiger partial charge in [-0.2, -0.15) is 0 Å². The molecule has 0 bridgehead atoms. The summed E-state index contributed by atoms with van der Waals surface area (Å²) >= 11 is 3.29. The third-order valence-corrected chi connectivity index (χ3v) is 3.25. The molecule has 0 saturated heterocycles. The number of rotatable bonds is 5. The van der Waals surface area contributed by atoms with Crippen LogP contribution in [0.3, 0.4) is 0 Å². The molecule has 0 aliphatic heterocycles. The van der Waals surface area contributed by atoms with Crippen molar-refractivity contribution in [3.8, 4) is 11.5 Å². The van der Waals surface area contributed by atoms with Gasteiger partial charge in [0.15, 0.2) is 0 Å². The molecule has 2 rings (SSSR count). The fourth-order valence-electron chi connectivity index (χ4n) is 1.76. The van der Waals surface area contributed by atoms with E-state index < -0.39 is 5.91 Å². The molecule has 0 unspecified atom stereocenters. The van der Waals surface area contributed by atoms with Crippen LogP contribution in [-0.2, 0) is 6.42 Å². The van der Waals surface area contributed by atoms with Gasteiger partial charge in [-0.05, 0) is 42.3 Å². The minimum absolute atomic E-state index is 0.110. The Hall–Kier alpha value is -1.85. The molecule has 0 heterocycles. The number of aliphatic hydroxyl groups excluding tert-OH is 1. The van der Waals surface area contributed by atoms with Crippen LogP contribution in [0.4, 0.5) is 0 Å². The number of hydrogen-bond acceptors (Lipinski definition) is 3. The molecule has 4 nitrogen and oxygen atoms in total. The number of aliphatic hydroxyl groups is 1. The Morgan fingerprint density at radius 1 is 1.20 bits per heavy atom. The SMILES string of the molecule is NC(=O)c1cc(Br)ccc1Oc1ccc(CCO)cc1. The first-order chi connectivity index (χ1) is 9.60. The number of carbonyl (C=O) groups is 1. The summed E-state index contributed by atoms with van der Waals surface area (Å²) in [4.78, 5) is 11.4. The Balaban J connectivity index is 2.23. The number of primary amides is 1. The largest absolute Gasteiger partial charge is 0.457 e. The Morgan fingerprint density at radius 3 is 2.50 bits per heavy atom. The smallest absolute Gasteiger partial charge is 0.252 e. The minimum atomic E-state index is -0.543. The number of halogens is 1. The van der Waals surface area contributed by atoms with Crippen molar-refractivity contribution in [2.24, 2.45) is 5.73 Å². The van der Waals surface area contributed by atoms with E-state index in [9.17, 15) is 4.79 Å². The van der Waals surface area contributed by atoms with Crippen molar-refractivity contribution >= 4 is 21.8 Å². The van der Waals surface area contributed by atoms with E-state index >= 15 is 0 Å². The molecule has 20 heavy (non-hydrogen) atoms. The molecule has 1 amide bonds. The van der Waals surface area contributed by atoms with Crippen molar-refractivity contribution in [1.82, 2.24) is 0 Å². The second kappa shape index (κ2) is 6.54. The standard InChI is InChI=1S/C15H14BrNO3/c16-11-3-6-14(13(9-11)15(17)19)20-12-4-1-10(2-5-12)7-8-18/h1-6,9,18H,7-8H2,(H2,17,19). The minimum Gasteiger partial charge on any atom is -0.457 e. The lowest BCUT2D eigenvalue weighted by Crippen LogP contribution is -2.12. The molecule has 0 aliphatic carbocycles. The van der Waals surface area contributed by atoms with Gasteiger partial charge in [-0.25, -0.2) is 0 Å². The van der Waals surface area contributed by atoms with Gasteiger partial charge in [0.1, 0.15) is 11.5 Å². The third kappa shape index (κ3) is 3.59. The van der Waals surface area contributed by atoms with Gasteiger partial charge in [-0.1, -0.05) is 28.1 Å². The Kier molecular flexibility index (Phi) is 4.76. The summed E-state index contributed by atoms with van der Waals surface area (Å²) in [6, 6.07) is 12.4. The quantitative estimate of drug-likeness (QED) is 0.882. The number of amides is 1. The van der Waals surface area contributed by atoms with Gasteiger partial charge >= 0.3 is 0 Å². The van der Waals surface area contributed by atoms with Crippen LogP contribution in [0.2, 0.25) is 0 Å². The summed E-state index contributed by atoms with van der Waals surface area (Å²) in [5, 5.41) is 8.86. The fraction of sp³-hybridized carbons (Fsp3) is 0.133. The number of ether oxygens (including phenoxy) is 1. The maximum absolute atomic E-state index is 11.4.